The molecule has 11 nitrogen and oxygen atoms in total. The molecule has 0 heterocycles. The fourth-order valence-corrected chi connectivity index (χ4v) is 5.09. The van der Waals surface area contributed by atoms with Gasteiger partial charge in [-0.15, -0.1) is 0 Å². The second-order valence-corrected chi connectivity index (χ2v) is 13.2. The number of carbonyl (C=O) groups excluding carboxylic acids is 2. The molecule has 2 atom stereocenters. The number of hydrogen-bond acceptors (Lipinski definition) is 8. The van der Waals surface area contributed by atoms with Gasteiger partial charge >= 0.3 is 5.97 Å². The largest absolute Gasteiger partial charge is 0.496 e. The van der Waals surface area contributed by atoms with Crippen molar-refractivity contribution in [3.8, 4) is 11.5 Å². The number of aliphatic carboxylic acids is 1. The lowest BCUT2D eigenvalue weighted by molar-refractivity contribution is -0.138. The highest BCUT2D eigenvalue weighted by molar-refractivity contribution is 7.91. The Morgan fingerprint density at radius 2 is 1.54 bits per heavy atom. The molecule has 0 saturated heterocycles. The number of sulfone groups is 1. The first-order valence-electron chi connectivity index (χ1n) is 11.9. The van der Waals surface area contributed by atoms with Crippen LogP contribution in [0, 0.1) is 0 Å². The minimum Gasteiger partial charge on any atom is -0.496 e. The van der Waals surface area contributed by atoms with Gasteiger partial charge in [0.15, 0.2) is 9.84 Å². The molecular formula is C25H41N3O8S. The minimum atomic E-state index is -3.87. The number of hydrogen-bond donors (Lipinski definition) is 4. The van der Waals surface area contributed by atoms with E-state index < -0.39 is 51.2 Å². The molecule has 1 aromatic rings. The fraction of sp³-hybridized carbons (Fsp3) is 0.640. The molecule has 1 rings (SSSR count). The molecule has 210 valence electrons. The van der Waals surface area contributed by atoms with Gasteiger partial charge in [-0.25, -0.2) is 8.42 Å². The normalized spacial score (nSPS) is 13.9. The van der Waals surface area contributed by atoms with E-state index in [0.29, 0.717) is 11.5 Å². The summed E-state index contributed by atoms with van der Waals surface area (Å²) in [5, 5.41) is 11.0. The van der Waals surface area contributed by atoms with Crippen molar-refractivity contribution in [1.82, 2.24) is 5.32 Å². The molecule has 0 aromatic heterocycles. The van der Waals surface area contributed by atoms with Crippen LogP contribution in [0.3, 0.4) is 0 Å². The van der Waals surface area contributed by atoms with Gasteiger partial charge in [0.1, 0.15) is 30.2 Å². The molecule has 0 aliphatic rings. The number of benzene rings is 1. The molecule has 0 saturated carbocycles. The molecule has 0 spiro atoms. The van der Waals surface area contributed by atoms with Crippen LogP contribution in [0.4, 0.5) is 0 Å². The van der Waals surface area contributed by atoms with E-state index in [2.05, 4.69) is 26.1 Å². The maximum absolute atomic E-state index is 12.7. The molecular weight excluding hydrogens is 502 g/mol. The first-order chi connectivity index (χ1) is 16.8. The zero-order valence-electron chi connectivity index (χ0n) is 22.7. The minimum absolute atomic E-state index is 0.179. The lowest BCUT2D eigenvalue weighted by Crippen LogP contribution is -2.49. The lowest BCUT2D eigenvalue weighted by atomic mass is 9.74. The van der Waals surface area contributed by atoms with E-state index in [9.17, 15) is 22.8 Å². The molecule has 0 aliphatic heterocycles. The number of methoxy groups -OCH3 is 1. The van der Waals surface area contributed by atoms with E-state index in [0.717, 1.165) is 11.1 Å². The summed E-state index contributed by atoms with van der Waals surface area (Å²) in [5.74, 6) is -2.93. The highest BCUT2D eigenvalue weighted by Crippen LogP contribution is 2.44. The van der Waals surface area contributed by atoms with E-state index in [1.54, 1.807) is 19.2 Å². The Morgan fingerprint density at radius 3 is 2.00 bits per heavy atom. The SMILES string of the molecule is COc1ccc(OCCS(=O)(=O)CC(NC(=O)CCC(N)C(=O)O)C(N)=O)c(C(C)(C)C)c1C(C)(C)C. The zero-order valence-corrected chi connectivity index (χ0v) is 23.5. The standard InChI is InChI=1S/C25H41N3O8S/c1-24(2,3)20-17(35-7)9-10-18(21(20)25(4,5)6)36-12-13-37(33,34)14-16(22(27)30)28-19(29)11-8-15(26)23(31)32/h9-10,15-16H,8,11-14,26H2,1-7H3,(H2,27,30)(H,28,29)(H,31,32). The quantitative estimate of drug-likeness (QED) is 0.284. The van der Waals surface area contributed by atoms with Crippen LogP contribution in [-0.2, 0) is 35.1 Å². The number of primary amides is 1. The van der Waals surface area contributed by atoms with E-state index in [4.69, 9.17) is 26.0 Å². The van der Waals surface area contributed by atoms with Gasteiger partial charge in [-0.3, -0.25) is 14.4 Å². The van der Waals surface area contributed by atoms with Gasteiger partial charge in [-0.2, -0.15) is 0 Å². The van der Waals surface area contributed by atoms with E-state index in [-0.39, 0.29) is 30.3 Å². The van der Waals surface area contributed by atoms with E-state index >= 15 is 0 Å². The lowest BCUT2D eigenvalue weighted by Gasteiger charge is -2.33. The third kappa shape index (κ3) is 9.84. The molecule has 0 aliphatic carbocycles. The van der Waals surface area contributed by atoms with Gasteiger partial charge in [-0.1, -0.05) is 41.5 Å². The van der Waals surface area contributed by atoms with Gasteiger partial charge in [-0.05, 0) is 29.4 Å². The second kappa shape index (κ2) is 12.6. The fourth-order valence-electron chi connectivity index (χ4n) is 3.83. The highest BCUT2D eigenvalue weighted by atomic mass is 32.2. The number of nitrogens with one attached hydrogen (secondary N) is 1. The van der Waals surface area contributed by atoms with Crippen molar-refractivity contribution in [3.63, 3.8) is 0 Å². The van der Waals surface area contributed by atoms with Gasteiger partial charge < -0.3 is 31.4 Å². The van der Waals surface area contributed by atoms with Crippen molar-refractivity contribution < 1.29 is 37.4 Å². The number of carboxylic acid groups (broad SMARTS) is 1. The molecule has 2 unspecified atom stereocenters. The third-order valence-electron chi connectivity index (χ3n) is 5.60. The summed E-state index contributed by atoms with van der Waals surface area (Å²) in [4.78, 5) is 34.6. The van der Waals surface area contributed by atoms with Crippen LogP contribution in [0.5, 0.6) is 11.5 Å². The Labute approximate surface area is 219 Å². The summed E-state index contributed by atoms with van der Waals surface area (Å²) in [7, 11) is -2.27. The summed E-state index contributed by atoms with van der Waals surface area (Å²) in [5.41, 5.74) is 11.9. The van der Waals surface area contributed by atoms with Crippen molar-refractivity contribution in [2.24, 2.45) is 11.5 Å². The third-order valence-corrected chi connectivity index (χ3v) is 7.23. The number of rotatable bonds is 13. The number of ether oxygens (including phenoxy) is 2. The number of nitrogens with two attached hydrogens (primary N) is 2. The number of amides is 2. The predicted molar refractivity (Wildman–Crippen MR) is 141 cm³/mol. The molecule has 6 N–H and O–H groups in total. The topological polar surface area (TPSA) is 188 Å². The molecule has 12 heteroatoms. The highest BCUT2D eigenvalue weighted by Gasteiger charge is 2.32. The second-order valence-electron chi connectivity index (χ2n) is 11.0. The Bertz CT molecular complexity index is 1090. The smallest absolute Gasteiger partial charge is 0.320 e. The summed E-state index contributed by atoms with van der Waals surface area (Å²) in [6.07, 6.45) is -0.481. The Morgan fingerprint density at radius 1 is 1.03 bits per heavy atom. The van der Waals surface area contributed by atoms with Gasteiger partial charge in [0.25, 0.3) is 0 Å². The summed E-state index contributed by atoms with van der Waals surface area (Å²) in [6.45, 7) is 12.1. The maximum Gasteiger partial charge on any atom is 0.320 e. The first-order valence-corrected chi connectivity index (χ1v) is 13.7. The van der Waals surface area contributed by atoms with Gasteiger partial charge in [0.05, 0.1) is 18.6 Å². The molecule has 0 fully saturated rings. The number of carbonyl (C=O) groups is 3. The van der Waals surface area contributed by atoms with E-state index in [1.165, 1.54) is 0 Å². The monoisotopic (exact) mass is 543 g/mol. The number of carboxylic acids is 1. The Hall–Kier alpha value is -2.86. The molecule has 0 bridgehead atoms. The molecule has 37 heavy (non-hydrogen) atoms. The average molecular weight is 544 g/mol. The van der Waals surface area contributed by atoms with Gasteiger partial charge in [0.2, 0.25) is 11.8 Å². The van der Waals surface area contributed by atoms with Crippen LogP contribution in [-0.4, -0.2) is 68.6 Å². The summed E-state index contributed by atoms with van der Waals surface area (Å²) < 4.78 is 37.0. The molecule has 2 amide bonds. The van der Waals surface area contributed by atoms with Crippen molar-refractivity contribution in [2.75, 3.05) is 25.2 Å². The zero-order chi connectivity index (χ0) is 28.8. The van der Waals surface area contributed by atoms with Crippen molar-refractivity contribution in [1.29, 1.82) is 0 Å². The average Bonchev–Trinajstić information content (AvgIpc) is 2.74. The van der Waals surface area contributed by atoms with E-state index in [1.807, 2.05) is 20.8 Å². The van der Waals surface area contributed by atoms with Crippen LogP contribution < -0.4 is 26.3 Å². The van der Waals surface area contributed by atoms with Crippen molar-refractivity contribution in [3.05, 3.63) is 23.3 Å². The maximum atomic E-state index is 12.7. The van der Waals surface area contributed by atoms with Gasteiger partial charge in [0, 0.05) is 17.5 Å². The predicted octanol–water partition coefficient (Wildman–Crippen LogP) is 1.25. The van der Waals surface area contributed by atoms with Crippen LogP contribution in [0.1, 0.15) is 65.5 Å². The molecule has 0 radical (unpaired) electrons. The Balaban J connectivity index is 2.99. The summed E-state index contributed by atoms with van der Waals surface area (Å²) in [6, 6.07) is 0.801. The van der Waals surface area contributed by atoms with Crippen LogP contribution in [0.15, 0.2) is 12.1 Å². The molecule has 1 aromatic carbocycles. The van der Waals surface area contributed by atoms with Crippen LogP contribution in [0.2, 0.25) is 0 Å². The first kappa shape index (κ1) is 32.2. The Kier molecular flexibility index (Phi) is 10.9. The summed E-state index contributed by atoms with van der Waals surface area (Å²) >= 11 is 0. The van der Waals surface area contributed by atoms with Crippen molar-refractivity contribution in [2.45, 2.75) is 77.3 Å². The van der Waals surface area contributed by atoms with Crippen molar-refractivity contribution >= 4 is 27.6 Å². The van der Waals surface area contributed by atoms with Crippen LogP contribution >= 0.6 is 0 Å². The van der Waals surface area contributed by atoms with Crippen LogP contribution in [0.25, 0.3) is 0 Å².